The fraction of sp³-hybridized carbons (Fsp3) is 1.00. The van der Waals surface area contributed by atoms with Gasteiger partial charge in [0.05, 0.1) is 19.8 Å². The lowest BCUT2D eigenvalue weighted by Crippen LogP contribution is -2.10. The van der Waals surface area contributed by atoms with Gasteiger partial charge in [0.25, 0.3) is 0 Å². The van der Waals surface area contributed by atoms with E-state index in [0.717, 1.165) is 0 Å². The molecule has 5 N–H and O–H groups in total. The van der Waals surface area contributed by atoms with E-state index in [1.807, 2.05) is 0 Å². The lowest BCUT2D eigenvalue weighted by atomic mass is 10.7. The van der Waals surface area contributed by atoms with Crippen LogP contribution >= 0.6 is 8.25 Å². The van der Waals surface area contributed by atoms with Gasteiger partial charge in [0, 0.05) is 6.54 Å². The van der Waals surface area contributed by atoms with Crippen LogP contribution in [0.5, 0.6) is 0 Å². The molecule has 0 radical (unpaired) electrons. The van der Waals surface area contributed by atoms with Crippen LogP contribution in [0.3, 0.4) is 0 Å². The van der Waals surface area contributed by atoms with E-state index in [1.54, 1.807) is 0 Å². The molecule has 0 aromatic rings. The molecule has 0 atom stereocenters. The highest BCUT2D eigenvalue weighted by Gasteiger charge is 1.78. The van der Waals surface area contributed by atoms with Crippen LogP contribution in [-0.2, 0) is 9.30 Å². The molecule has 11 heavy (non-hydrogen) atoms. The third-order valence-corrected chi connectivity index (χ3v) is 0.498. The van der Waals surface area contributed by atoms with Gasteiger partial charge in [0.15, 0.2) is 0 Å². The number of rotatable bonds is 4. The van der Waals surface area contributed by atoms with Crippen molar-refractivity contribution < 1.29 is 24.2 Å². The van der Waals surface area contributed by atoms with Gasteiger partial charge in [-0.1, -0.05) is 0 Å². The zero-order chi connectivity index (χ0) is 9.11. The smallest absolute Gasteiger partial charge is 0.314 e. The highest BCUT2D eigenvalue weighted by atomic mass is 31.1. The number of ether oxygens (including phenoxy) is 1. The molecule has 0 spiro atoms. The summed E-state index contributed by atoms with van der Waals surface area (Å²) in [6, 6.07) is 0. The van der Waals surface area contributed by atoms with Crippen molar-refractivity contribution in [3.63, 3.8) is 0 Å². The van der Waals surface area contributed by atoms with Gasteiger partial charge >= 0.3 is 8.25 Å². The van der Waals surface area contributed by atoms with Crippen molar-refractivity contribution in [2.24, 2.45) is 5.73 Å². The molecule has 0 aromatic carbocycles. The molecule has 0 rings (SSSR count). The third kappa shape index (κ3) is 39.8. The normalized spacial score (nSPS) is 9.18. The summed E-state index contributed by atoms with van der Waals surface area (Å²) in [5, 5.41) is 8.13. The second-order valence-corrected chi connectivity index (χ2v) is 1.97. The van der Waals surface area contributed by atoms with E-state index in [1.165, 1.54) is 0 Å². The van der Waals surface area contributed by atoms with Crippen LogP contribution in [-0.4, -0.2) is 41.3 Å². The number of hydrogen-bond donors (Lipinski definition) is 4. The van der Waals surface area contributed by atoms with E-state index in [0.29, 0.717) is 19.8 Å². The summed E-state index contributed by atoms with van der Waals surface area (Å²) in [6.07, 6.45) is 0. The van der Waals surface area contributed by atoms with Crippen molar-refractivity contribution in [2.75, 3.05) is 26.4 Å². The highest BCUT2D eigenvalue weighted by Crippen LogP contribution is 1.98. The van der Waals surface area contributed by atoms with Gasteiger partial charge in [-0.2, -0.15) is 0 Å². The Morgan fingerprint density at radius 1 is 1.36 bits per heavy atom. The average molecular weight is 187 g/mol. The standard InChI is InChI=1S/C4H11NO2.H3O3P/c5-1-3-7-4-2-6;1-4(2)3/h6H,1-5H2;4H,(H2,1,2,3). The van der Waals surface area contributed by atoms with Crippen LogP contribution in [0.15, 0.2) is 0 Å². The van der Waals surface area contributed by atoms with Gasteiger partial charge in [0.2, 0.25) is 0 Å². The summed E-state index contributed by atoms with van der Waals surface area (Å²) >= 11 is 0. The quantitative estimate of drug-likeness (QED) is 0.308. The fourth-order valence-electron chi connectivity index (χ4n) is 0.250. The summed E-state index contributed by atoms with van der Waals surface area (Å²) in [4.78, 5) is 14.3. The second kappa shape index (κ2) is 12.7. The summed E-state index contributed by atoms with van der Waals surface area (Å²) in [5.41, 5.74) is 5.06. The van der Waals surface area contributed by atoms with E-state index in [2.05, 4.69) is 0 Å². The Hall–Kier alpha value is 0.0300. The Kier molecular flexibility index (Phi) is 15.7. The van der Waals surface area contributed by atoms with E-state index in [4.69, 9.17) is 29.9 Å². The van der Waals surface area contributed by atoms with Gasteiger partial charge in [-0.3, -0.25) is 4.57 Å². The highest BCUT2D eigenvalue weighted by molar-refractivity contribution is 7.30. The summed E-state index contributed by atoms with van der Waals surface area (Å²) in [6.45, 7) is 1.55. The van der Waals surface area contributed by atoms with E-state index >= 15 is 0 Å². The van der Waals surface area contributed by atoms with Crippen LogP contribution in [0.2, 0.25) is 0 Å². The lowest BCUT2D eigenvalue weighted by molar-refractivity contribution is 0.0976. The van der Waals surface area contributed by atoms with Crippen molar-refractivity contribution in [3.8, 4) is 0 Å². The molecule has 6 nitrogen and oxygen atoms in total. The van der Waals surface area contributed by atoms with Gasteiger partial charge in [0.1, 0.15) is 0 Å². The number of aliphatic hydroxyl groups excluding tert-OH is 1. The van der Waals surface area contributed by atoms with E-state index in [-0.39, 0.29) is 6.61 Å². The first kappa shape index (κ1) is 13.6. The first-order valence-corrected chi connectivity index (χ1v) is 4.26. The predicted molar refractivity (Wildman–Crippen MR) is 40.4 cm³/mol. The second-order valence-electron chi connectivity index (χ2n) is 1.41. The third-order valence-electron chi connectivity index (χ3n) is 0.498. The van der Waals surface area contributed by atoms with Crippen molar-refractivity contribution in [1.29, 1.82) is 0 Å². The molecule has 0 aliphatic heterocycles. The Morgan fingerprint density at radius 2 is 1.82 bits per heavy atom. The average Bonchev–Trinajstić information content (AvgIpc) is 1.88. The maximum atomic E-state index is 8.74. The van der Waals surface area contributed by atoms with Crippen molar-refractivity contribution in [2.45, 2.75) is 0 Å². The Labute approximate surface area is 65.6 Å². The molecule has 0 amide bonds. The molecular weight excluding hydrogens is 173 g/mol. The molecule has 70 valence electrons. The van der Waals surface area contributed by atoms with E-state index < -0.39 is 8.25 Å². The predicted octanol–water partition coefficient (Wildman–Crippen LogP) is -1.69. The maximum absolute atomic E-state index is 8.74. The van der Waals surface area contributed by atoms with Crippen molar-refractivity contribution in [3.05, 3.63) is 0 Å². The summed E-state index contributed by atoms with van der Waals surface area (Å²) in [7, 11) is -3.13. The van der Waals surface area contributed by atoms with Gasteiger partial charge in [-0.25, -0.2) is 0 Å². The van der Waals surface area contributed by atoms with Crippen LogP contribution in [0.1, 0.15) is 0 Å². The van der Waals surface area contributed by atoms with Crippen molar-refractivity contribution in [1.82, 2.24) is 0 Å². The molecule has 0 heterocycles. The zero-order valence-electron chi connectivity index (χ0n) is 6.06. The zero-order valence-corrected chi connectivity index (χ0v) is 7.06. The summed E-state index contributed by atoms with van der Waals surface area (Å²) in [5.74, 6) is 0. The summed E-state index contributed by atoms with van der Waals surface area (Å²) < 4.78 is 13.5. The van der Waals surface area contributed by atoms with Crippen LogP contribution in [0.4, 0.5) is 0 Å². The first-order valence-electron chi connectivity index (χ1n) is 2.95. The number of hydrogen-bond acceptors (Lipinski definition) is 4. The van der Waals surface area contributed by atoms with Gasteiger partial charge < -0.3 is 25.4 Å². The molecular formula is C4H14NO5P. The Balaban J connectivity index is 0. The minimum absolute atomic E-state index is 0.0833. The number of aliphatic hydroxyl groups is 1. The van der Waals surface area contributed by atoms with E-state index in [9.17, 15) is 0 Å². The molecule has 0 aliphatic carbocycles. The van der Waals surface area contributed by atoms with Gasteiger partial charge in [-0.05, 0) is 0 Å². The fourth-order valence-corrected chi connectivity index (χ4v) is 0.250. The minimum Gasteiger partial charge on any atom is -0.394 e. The molecule has 0 fully saturated rings. The van der Waals surface area contributed by atoms with Crippen molar-refractivity contribution >= 4 is 8.25 Å². The van der Waals surface area contributed by atoms with Crippen LogP contribution in [0.25, 0.3) is 0 Å². The van der Waals surface area contributed by atoms with Crippen LogP contribution < -0.4 is 5.73 Å². The molecule has 0 bridgehead atoms. The molecule has 7 heteroatoms. The topological polar surface area (TPSA) is 113 Å². The van der Waals surface area contributed by atoms with Crippen LogP contribution in [0, 0.1) is 0 Å². The molecule has 0 unspecified atom stereocenters. The minimum atomic E-state index is -3.13. The molecule has 0 aliphatic rings. The first-order chi connectivity index (χ1) is 5.15. The monoisotopic (exact) mass is 187 g/mol. The number of nitrogens with two attached hydrogens (primary N) is 1. The van der Waals surface area contributed by atoms with Gasteiger partial charge in [-0.15, -0.1) is 0 Å². The Morgan fingerprint density at radius 3 is 2.09 bits per heavy atom. The molecule has 0 aromatic heterocycles. The Bertz CT molecular complexity index is 82.6. The lowest BCUT2D eigenvalue weighted by Gasteiger charge is -1.95. The molecule has 0 saturated carbocycles. The maximum Gasteiger partial charge on any atom is 0.314 e. The SMILES string of the molecule is NCCOCCO.O=[PH](O)O. The largest absolute Gasteiger partial charge is 0.394 e. The molecule has 0 saturated heterocycles.